The molecule has 0 bridgehead atoms. The molecular formula is C13H20BrNO. The van der Waals surface area contributed by atoms with Gasteiger partial charge < -0.3 is 10.1 Å². The van der Waals surface area contributed by atoms with Gasteiger partial charge in [-0.3, -0.25) is 0 Å². The predicted molar refractivity (Wildman–Crippen MR) is 71.8 cm³/mol. The zero-order valence-electron chi connectivity index (χ0n) is 10.2. The van der Waals surface area contributed by atoms with E-state index in [2.05, 4.69) is 59.4 Å². The Kier molecular flexibility index (Phi) is 6.03. The van der Waals surface area contributed by atoms with E-state index >= 15 is 0 Å². The van der Waals surface area contributed by atoms with E-state index in [9.17, 15) is 0 Å². The third-order valence-corrected chi connectivity index (χ3v) is 2.91. The molecule has 16 heavy (non-hydrogen) atoms. The molecule has 2 unspecified atom stereocenters. The first-order valence-electron chi connectivity index (χ1n) is 5.61. The minimum absolute atomic E-state index is 0.396. The zero-order valence-corrected chi connectivity index (χ0v) is 11.8. The fourth-order valence-electron chi connectivity index (χ4n) is 1.86. The van der Waals surface area contributed by atoms with Crippen LogP contribution in [0.1, 0.15) is 19.4 Å². The molecule has 1 rings (SSSR count). The fraction of sp³-hybridized carbons (Fsp3) is 0.538. The van der Waals surface area contributed by atoms with Crippen molar-refractivity contribution in [2.75, 3.05) is 13.7 Å². The highest BCUT2D eigenvalue weighted by molar-refractivity contribution is 9.10. The van der Waals surface area contributed by atoms with Crippen molar-refractivity contribution in [3.63, 3.8) is 0 Å². The fourth-order valence-corrected chi connectivity index (χ4v) is 2.31. The Bertz CT molecular complexity index is 317. The van der Waals surface area contributed by atoms with Gasteiger partial charge in [0.05, 0.1) is 6.61 Å². The summed E-state index contributed by atoms with van der Waals surface area (Å²) in [6, 6.07) is 9.30. The summed E-state index contributed by atoms with van der Waals surface area (Å²) in [6.07, 6.45) is 1.04. The highest BCUT2D eigenvalue weighted by Gasteiger charge is 2.07. The Labute approximate surface area is 107 Å². The summed E-state index contributed by atoms with van der Waals surface area (Å²) in [6.45, 7) is 5.09. The van der Waals surface area contributed by atoms with Crippen LogP contribution in [0.5, 0.6) is 0 Å². The van der Waals surface area contributed by atoms with E-state index in [1.807, 2.05) is 0 Å². The van der Waals surface area contributed by atoms with Crippen LogP contribution in [-0.2, 0) is 11.2 Å². The maximum Gasteiger partial charge on any atom is 0.0613 e. The van der Waals surface area contributed by atoms with Gasteiger partial charge in [-0.15, -0.1) is 0 Å². The average molecular weight is 286 g/mol. The predicted octanol–water partition coefficient (Wildman–Crippen LogP) is 3.00. The van der Waals surface area contributed by atoms with E-state index in [-0.39, 0.29) is 0 Å². The summed E-state index contributed by atoms with van der Waals surface area (Å²) < 4.78 is 6.24. The van der Waals surface area contributed by atoms with Gasteiger partial charge in [-0.2, -0.15) is 0 Å². The highest BCUT2D eigenvalue weighted by Crippen LogP contribution is 2.13. The van der Waals surface area contributed by atoms with Crippen molar-refractivity contribution in [2.45, 2.75) is 32.4 Å². The Balaban J connectivity index is 2.42. The van der Waals surface area contributed by atoms with Crippen LogP contribution in [0.3, 0.4) is 0 Å². The molecule has 0 amide bonds. The first-order chi connectivity index (χ1) is 7.61. The lowest BCUT2D eigenvalue weighted by molar-refractivity contribution is 0.167. The number of methoxy groups -OCH3 is 1. The molecule has 1 aromatic rings. The van der Waals surface area contributed by atoms with Gasteiger partial charge >= 0.3 is 0 Å². The molecule has 0 aliphatic carbocycles. The van der Waals surface area contributed by atoms with E-state index in [1.54, 1.807) is 7.11 Å². The monoisotopic (exact) mass is 285 g/mol. The minimum Gasteiger partial charge on any atom is -0.383 e. The molecule has 1 aromatic carbocycles. The zero-order chi connectivity index (χ0) is 12.0. The van der Waals surface area contributed by atoms with E-state index in [4.69, 9.17) is 4.74 Å². The van der Waals surface area contributed by atoms with Crippen LogP contribution in [-0.4, -0.2) is 25.8 Å². The van der Waals surface area contributed by atoms with Crippen molar-refractivity contribution in [3.05, 3.63) is 34.3 Å². The molecule has 0 saturated carbocycles. The maximum absolute atomic E-state index is 5.10. The lowest BCUT2D eigenvalue weighted by Gasteiger charge is -2.19. The van der Waals surface area contributed by atoms with Crippen LogP contribution in [0, 0.1) is 0 Å². The number of hydrogen-bond acceptors (Lipinski definition) is 2. The normalized spacial score (nSPS) is 14.8. The number of halogens is 1. The largest absolute Gasteiger partial charge is 0.383 e. The summed E-state index contributed by atoms with van der Waals surface area (Å²) in [7, 11) is 1.73. The summed E-state index contributed by atoms with van der Waals surface area (Å²) in [4.78, 5) is 0. The lowest BCUT2D eigenvalue weighted by Crippen LogP contribution is -2.38. The molecule has 0 fully saturated rings. The molecule has 0 saturated heterocycles. The minimum atomic E-state index is 0.396. The number of nitrogens with one attached hydrogen (secondary N) is 1. The van der Waals surface area contributed by atoms with Gasteiger partial charge in [-0.25, -0.2) is 0 Å². The first kappa shape index (κ1) is 13.7. The Morgan fingerprint density at radius 2 is 2.06 bits per heavy atom. The Morgan fingerprint density at radius 3 is 2.69 bits per heavy atom. The van der Waals surface area contributed by atoms with Gasteiger partial charge in [0.1, 0.15) is 0 Å². The second kappa shape index (κ2) is 7.05. The summed E-state index contributed by atoms with van der Waals surface area (Å²) in [5, 5.41) is 3.51. The third-order valence-electron chi connectivity index (χ3n) is 2.42. The van der Waals surface area contributed by atoms with Gasteiger partial charge in [-0.05, 0) is 38.0 Å². The molecule has 2 atom stereocenters. The van der Waals surface area contributed by atoms with Gasteiger partial charge in [-0.1, -0.05) is 28.1 Å². The van der Waals surface area contributed by atoms with Crippen molar-refractivity contribution in [1.82, 2.24) is 5.32 Å². The molecule has 0 radical (unpaired) electrons. The van der Waals surface area contributed by atoms with Crippen molar-refractivity contribution in [2.24, 2.45) is 0 Å². The Morgan fingerprint density at radius 1 is 1.31 bits per heavy atom. The summed E-state index contributed by atoms with van der Waals surface area (Å²) in [5.41, 5.74) is 1.35. The van der Waals surface area contributed by atoms with Crippen LogP contribution in [0.25, 0.3) is 0 Å². The van der Waals surface area contributed by atoms with Gasteiger partial charge in [0.15, 0.2) is 0 Å². The molecular weight excluding hydrogens is 266 g/mol. The molecule has 90 valence electrons. The molecule has 0 aliphatic heterocycles. The van der Waals surface area contributed by atoms with Crippen LogP contribution in [0.4, 0.5) is 0 Å². The molecule has 0 aromatic heterocycles. The first-order valence-corrected chi connectivity index (χ1v) is 6.40. The highest BCUT2D eigenvalue weighted by atomic mass is 79.9. The topological polar surface area (TPSA) is 21.3 Å². The molecule has 0 spiro atoms. The molecule has 1 N–H and O–H groups in total. The third kappa shape index (κ3) is 5.10. The summed E-state index contributed by atoms with van der Waals surface area (Å²) in [5.74, 6) is 0. The standard InChI is InChI=1S/C13H20BrNO/c1-10(15-11(2)9-16-3)7-12-5-4-6-13(14)8-12/h4-6,8,10-11,15H,7,9H2,1-3H3. The van der Waals surface area contributed by atoms with Crippen LogP contribution in [0.15, 0.2) is 28.7 Å². The summed E-state index contributed by atoms with van der Waals surface area (Å²) >= 11 is 3.49. The van der Waals surface area contributed by atoms with Crippen LogP contribution >= 0.6 is 15.9 Å². The van der Waals surface area contributed by atoms with Crippen LogP contribution < -0.4 is 5.32 Å². The van der Waals surface area contributed by atoms with Gasteiger partial charge in [0.2, 0.25) is 0 Å². The van der Waals surface area contributed by atoms with Crippen molar-refractivity contribution < 1.29 is 4.74 Å². The van der Waals surface area contributed by atoms with E-state index in [0.29, 0.717) is 12.1 Å². The SMILES string of the molecule is COCC(C)NC(C)Cc1cccc(Br)c1. The van der Waals surface area contributed by atoms with Crippen molar-refractivity contribution >= 4 is 15.9 Å². The molecule has 0 aliphatic rings. The van der Waals surface area contributed by atoms with E-state index in [1.165, 1.54) is 5.56 Å². The van der Waals surface area contributed by atoms with E-state index < -0.39 is 0 Å². The molecule has 3 heteroatoms. The van der Waals surface area contributed by atoms with Crippen LogP contribution in [0.2, 0.25) is 0 Å². The van der Waals surface area contributed by atoms with Gasteiger partial charge in [0, 0.05) is 23.7 Å². The van der Waals surface area contributed by atoms with Crippen molar-refractivity contribution in [1.29, 1.82) is 0 Å². The maximum atomic E-state index is 5.10. The number of hydrogen-bond donors (Lipinski definition) is 1. The molecule has 0 heterocycles. The van der Waals surface area contributed by atoms with E-state index in [0.717, 1.165) is 17.5 Å². The van der Waals surface area contributed by atoms with Crippen molar-refractivity contribution in [3.8, 4) is 0 Å². The number of benzene rings is 1. The average Bonchev–Trinajstić information content (AvgIpc) is 2.17. The second-order valence-electron chi connectivity index (χ2n) is 4.26. The van der Waals surface area contributed by atoms with Gasteiger partial charge in [0.25, 0.3) is 0 Å². The molecule has 2 nitrogen and oxygen atoms in total. The quantitative estimate of drug-likeness (QED) is 0.868. The number of rotatable bonds is 6. The smallest absolute Gasteiger partial charge is 0.0613 e. The Hall–Kier alpha value is -0.380. The lowest BCUT2D eigenvalue weighted by atomic mass is 10.1. The second-order valence-corrected chi connectivity index (χ2v) is 5.17. The number of ether oxygens (including phenoxy) is 1.